The third-order valence-electron chi connectivity index (χ3n) is 4.26. The molecule has 1 unspecified atom stereocenters. The van der Waals surface area contributed by atoms with Crippen LogP contribution in [0.15, 0.2) is 47.1 Å². The second-order valence-electron chi connectivity index (χ2n) is 8.76. The van der Waals surface area contributed by atoms with Gasteiger partial charge >= 0.3 is 0 Å². The van der Waals surface area contributed by atoms with Crippen molar-refractivity contribution in [2.75, 3.05) is 0 Å². The first-order chi connectivity index (χ1) is 10.0. The van der Waals surface area contributed by atoms with Crippen molar-refractivity contribution in [3.05, 3.63) is 47.1 Å². The molecule has 2 aliphatic carbocycles. The fourth-order valence-corrected chi connectivity index (χ4v) is 9.97. The molecule has 0 radical (unpaired) electrons. The van der Waals surface area contributed by atoms with Crippen LogP contribution in [0.4, 0.5) is 0 Å². The van der Waals surface area contributed by atoms with Crippen molar-refractivity contribution in [2.24, 2.45) is 5.41 Å². The van der Waals surface area contributed by atoms with Crippen LogP contribution in [-0.4, -0.2) is 12.0 Å². The summed E-state index contributed by atoms with van der Waals surface area (Å²) >= 11 is 2.30. The van der Waals surface area contributed by atoms with E-state index in [1.165, 1.54) is 24.0 Å². The molecule has 0 saturated carbocycles. The molecule has 2 heteroatoms. The van der Waals surface area contributed by atoms with E-state index >= 15 is 0 Å². The monoisotopic (exact) mass is 332 g/mol. The topological polar surface area (TPSA) is 0 Å². The lowest BCUT2D eigenvalue weighted by Gasteiger charge is -2.46. The predicted octanol–water partition coefficient (Wildman–Crippen LogP) is 6.89. The molecule has 0 saturated heterocycles. The van der Waals surface area contributed by atoms with E-state index in [-0.39, 0.29) is 10.2 Å². The Bertz CT molecular complexity index is 549. The molecular weight excluding hydrogens is 300 g/mol. The summed E-state index contributed by atoms with van der Waals surface area (Å²) in [6, 6.07) is 0. The van der Waals surface area contributed by atoms with Crippen LogP contribution < -0.4 is 0 Å². The SMILES string of the molecule is CC1=CCC(CC2=CCC=C2)(S[Si](C)(C)C)C(C(C)(C)C)=C1. The maximum absolute atomic E-state index is 2.49. The summed E-state index contributed by atoms with van der Waals surface area (Å²) in [6.45, 7) is 16.9. The van der Waals surface area contributed by atoms with E-state index in [4.69, 9.17) is 0 Å². The number of hydrogen-bond acceptors (Lipinski definition) is 1. The van der Waals surface area contributed by atoms with E-state index in [1.54, 1.807) is 5.57 Å². The maximum atomic E-state index is 2.49. The molecule has 0 heterocycles. The van der Waals surface area contributed by atoms with E-state index in [1.807, 2.05) is 0 Å². The maximum Gasteiger partial charge on any atom is 0.109 e. The minimum absolute atomic E-state index is 0.227. The van der Waals surface area contributed by atoms with Crippen molar-refractivity contribution in [2.45, 2.75) is 71.3 Å². The lowest BCUT2D eigenvalue weighted by molar-refractivity contribution is 0.437. The first-order valence-corrected chi connectivity index (χ1v) is 13.5. The summed E-state index contributed by atoms with van der Waals surface area (Å²) in [6.07, 6.45) is 15.5. The standard InChI is InChI=1S/C20H32SSi/c1-16-12-13-20(21-22(5,6)7,15-17-10-8-9-11-17)18(14-16)19(2,3)4/h8,10-12,14H,9,13,15H2,1-7H3. The zero-order valence-electron chi connectivity index (χ0n) is 15.4. The molecule has 0 fully saturated rings. The van der Waals surface area contributed by atoms with Crippen molar-refractivity contribution < 1.29 is 0 Å². The van der Waals surface area contributed by atoms with Gasteiger partial charge in [-0.05, 0) is 37.2 Å². The highest BCUT2D eigenvalue weighted by Gasteiger charge is 2.44. The number of hydrogen-bond donors (Lipinski definition) is 0. The molecule has 122 valence electrons. The van der Waals surface area contributed by atoms with Gasteiger partial charge in [0.15, 0.2) is 0 Å². The quantitative estimate of drug-likeness (QED) is 0.505. The third kappa shape index (κ3) is 4.29. The largest absolute Gasteiger partial charge is 0.174 e. The molecule has 0 aromatic heterocycles. The highest BCUT2D eigenvalue weighted by molar-refractivity contribution is 8.29. The molecule has 0 N–H and O–H groups in total. The van der Waals surface area contributed by atoms with E-state index in [0.29, 0.717) is 0 Å². The Hall–Kier alpha value is -0.473. The zero-order chi connectivity index (χ0) is 16.6. The van der Waals surface area contributed by atoms with Gasteiger partial charge in [-0.15, -0.1) is 0 Å². The van der Waals surface area contributed by atoms with E-state index in [0.717, 1.165) is 6.42 Å². The van der Waals surface area contributed by atoms with Gasteiger partial charge in [0.25, 0.3) is 0 Å². The molecule has 1 atom stereocenters. The van der Waals surface area contributed by atoms with Crippen molar-refractivity contribution in [3.63, 3.8) is 0 Å². The van der Waals surface area contributed by atoms with Crippen molar-refractivity contribution in [1.29, 1.82) is 0 Å². The number of rotatable bonds is 4. The van der Waals surface area contributed by atoms with Crippen LogP contribution in [0.1, 0.15) is 47.0 Å². The summed E-state index contributed by atoms with van der Waals surface area (Å²) in [5.41, 5.74) is 4.85. The fourth-order valence-electron chi connectivity index (χ4n) is 3.61. The van der Waals surface area contributed by atoms with Crippen LogP contribution in [0.2, 0.25) is 19.6 Å². The summed E-state index contributed by atoms with van der Waals surface area (Å²) in [4.78, 5) is 0. The molecule has 22 heavy (non-hydrogen) atoms. The van der Waals surface area contributed by atoms with E-state index in [2.05, 4.69) is 88.9 Å². The molecule has 0 aromatic carbocycles. The summed E-state index contributed by atoms with van der Waals surface area (Å²) in [5.74, 6) is 0. The van der Waals surface area contributed by atoms with Gasteiger partial charge in [-0.25, -0.2) is 0 Å². The van der Waals surface area contributed by atoms with Crippen molar-refractivity contribution in [3.8, 4) is 0 Å². The molecule has 0 aliphatic heterocycles. The first kappa shape index (κ1) is 17.9. The fraction of sp³-hybridized carbons (Fsp3) is 0.600. The van der Waals surface area contributed by atoms with Crippen LogP contribution in [0.5, 0.6) is 0 Å². The smallest absolute Gasteiger partial charge is 0.109 e. The van der Waals surface area contributed by atoms with Crippen molar-refractivity contribution in [1.82, 2.24) is 0 Å². The third-order valence-corrected chi connectivity index (χ3v) is 8.81. The predicted molar refractivity (Wildman–Crippen MR) is 106 cm³/mol. The normalized spacial score (nSPS) is 25.9. The minimum atomic E-state index is -1.24. The van der Waals surface area contributed by atoms with Gasteiger partial charge in [-0.2, -0.15) is 11.2 Å². The van der Waals surface area contributed by atoms with Gasteiger partial charge in [-0.3, -0.25) is 0 Å². The van der Waals surface area contributed by atoms with Crippen LogP contribution in [0.25, 0.3) is 0 Å². The van der Waals surface area contributed by atoms with E-state index in [9.17, 15) is 0 Å². The highest BCUT2D eigenvalue weighted by atomic mass is 32.4. The lowest BCUT2D eigenvalue weighted by atomic mass is 9.71. The van der Waals surface area contributed by atoms with Crippen LogP contribution in [-0.2, 0) is 0 Å². The summed E-state index contributed by atoms with van der Waals surface area (Å²) in [5, 5.41) is 0. The van der Waals surface area contributed by atoms with Gasteiger partial charge in [0.1, 0.15) is 7.22 Å². The van der Waals surface area contributed by atoms with Gasteiger partial charge in [-0.1, -0.05) is 81.9 Å². The average molecular weight is 333 g/mol. The second kappa shape index (κ2) is 6.20. The average Bonchev–Trinajstić information content (AvgIpc) is 2.81. The minimum Gasteiger partial charge on any atom is -0.174 e. The molecule has 0 amide bonds. The van der Waals surface area contributed by atoms with Crippen LogP contribution >= 0.6 is 11.2 Å². The molecular formula is C20H32SSi. The lowest BCUT2D eigenvalue weighted by Crippen LogP contribution is -2.40. The zero-order valence-corrected chi connectivity index (χ0v) is 17.2. The Kier molecular flexibility index (Phi) is 5.04. The molecule has 0 spiro atoms. The Balaban J connectivity index is 2.47. The molecule has 0 bridgehead atoms. The highest BCUT2D eigenvalue weighted by Crippen LogP contribution is 2.54. The van der Waals surface area contributed by atoms with Crippen LogP contribution in [0.3, 0.4) is 0 Å². The van der Waals surface area contributed by atoms with Gasteiger partial charge < -0.3 is 0 Å². The summed E-state index contributed by atoms with van der Waals surface area (Å²) < 4.78 is 0.253. The van der Waals surface area contributed by atoms with Gasteiger partial charge in [0.05, 0.1) is 0 Å². The molecule has 0 nitrogen and oxygen atoms in total. The molecule has 2 rings (SSSR count). The van der Waals surface area contributed by atoms with E-state index < -0.39 is 7.22 Å². The van der Waals surface area contributed by atoms with Gasteiger partial charge in [0, 0.05) is 4.75 Å². The number of allylic oxidation sites excluding steroid dienone is 7. The molecule has 0 aromatic rings. The first-order valence-electron chi connectivity index (χ1n) is 8.47. The second-order valence-corrected chi connectivity index (χ2v) is 18.3. The Morgan fingerprint density at radius 1 is 1.18 bits per heavy atom. The Labute approximate surface area is 142 Å². The Morgan fingerprint density at radius 3 is 2.36 bits per heavy atom. The Morgan fingerprint density at radius 2 is 1.86 bits per heavy atom. The van der Waals surface area contributed by atoms with Crippen molar-refractivity contribution >= 4 is 18.4 Å². The summed E-state index contributed by atoms with van der Waals surface area (Å²) in [7, 11) is -1.24. The van der Waals surface area contributed by atoms with Crippen LogP contribution in [0, 0.1) is 5.41 Å². The molecule has 2 aliphatic rings. The van der Waals surface area contributed by atoms with Gasteiger partial charge in [0.2, 0.25) is 0 Å².